The summed E-state index contributed by atoms with van der Waals surface area (Å²) < 4.78 is 2.09. The van der Waals surface area contributed by atoms with Gasteiger partial charge in [0, 0.05) is 36.3 Å². The number of hydrogen-bond donors (Lipinski definition) is 2. The number of fused-ring (bicyclic) bond motifs is 2. The zero-order valence-electron chi connectivity index (χ0n) is 22.1. The Balaban J connectivity index is 1.29. The van der Waals surface area contributed by atoms with Crippen molar-refractivity contribution in [1.82, 2.24) is 34.6 Å². The van der Waals surface area contributed by atoms with Crippen LogP contribution in [0.5, 0.6) is 0 Å². The third-order valence-electron chi connectivity index (χ3n) is 7.75. The third kappa shape index (κ3) is 4.49. The number of amides is 2. The molecule has 2 amide bonds. The number of carbonyl (C=O) groups excluding carboxylic acids is 3. The van der Waals surface area contributed by atoms with Gasteiger partial charge in [0.2, 0.25) is 17.8 Å². The molecule has 0 aromatic carbocycles. The van der Waals surface area contributed by atoms with E-state index in [4.69, 9.17) is 5.73 Å². The van der Waals surface area contributed by atoms with Crippen LogP contribution in [0.15, 0.2) is 41.4 Å². The third-order valence-corrected chi connectivity index (χ3v) is 8.20. The Hall–Kier alpha value is -4.26. The number of likely N-dealkylation sites (tertiary alicyclic amines) is 1. The summed E-state index contributed by atoms with van der Waals surface area (Å²) in [5.41, 5.74) is 8.24. The summed E-state index contributed by atoms with van der Waals surface area (Å²) in [7, 11) is 0. The van der Waals surface area contributed by atoms with E-state index in [1.165, 1.54) is 11.6 Å². The maximum atomic E-state index is 13.8. The van der Waals surface area contributed by atoms with Crippen LogP contribution in [0.3, 0.4) is 0 Å². The molecule has 40 heavy (non-hydrogen) atoms. The first-order valence-electron chi connectivity index (χ1n) is 12.7. The maximum absolute atomic E-state index is 13.8. The highest BCUT2D eigenvalue weighted by atomic mass is 79.9. The molecule has 2 aliphatic rings. The zero-order valence-corrected chi connectivity index (χ0v) is 23.6. The quantitative estimate of drug-likeness (QED) is 0.249. The fraction of sp³-hybridized carbons (Fsp3) is 0.333. The van der Waals surface area contributed by atoms with Crippen molar-refractivity contribution in [2.24, 2.45) is 5.41 Å². The number of Topliss-reactive ketones (excluding diaryl/α,β-unsaturated/α-hetero) is 1. The smallest absolute Gasteiger partial charge is 0.248 e. The van der Waals surface area contributed by atoms with Crippen LogP contribution >= 0.6 is 15.9 Å². The van der Waals surface area contributed by atoms with Crippen molar-refractivity contribution in [3.05, 3.63) is 52.7 Å². The number of halogens is 1. The second kappa shape index (κ2) is 9.44. The normalized spacial score (nSPS) is 21.4. The van der Waals surface area contributed by atoms with Crippen LogP contribution in [-0.2, 0) is 16.1 Å². The van der Waals surface area contributed by atoms with Crippen LogP contribution in [0.1, 0.15) is 42.7 Å². The van der Waals surface area contributed by atoms with Gasteiger partial charge in [-0.25, -0.2) is 15.0 Å². The van der Waals surface area contributed by atoms with Crippen molar-refractivity contribution in [2.75, 3.05) is 11.1 Å². The summed E-state index contributed by atoms with van der Waals surface area (Å²) in [6.07, 6.45) is 6.08. The van der Waals surface area contributed by atoms with Gasteiger partial charge in [0.05, 0.1) is 17.4 Å². The number of carbonyl (C=O) groups is 3. The number of anilines is 2. The summed E-state index contributed by atoms with van der Waals surface area (Å²) in [6.45, 7) is 5.24. The molecule has 1 saturated heterocycles. The average molecular weight is 604 g/mol. The van der Waals surface area contributed by atoms with E-state index >= 15 is 0 Å². The number of ketones is 1. The molecule has 6 rings (SSSR count). The van der Waals surface area contributed by atoms with E-state index in [1.807, 2.05) is 13.0 Å². The van der Waals surface area contributed by atoms with E-state index in [0.29, 0.717) is 39.0 Å². The number of aryl methyl sites for hydroxylation is 1. The van der Waals surface area contributed by atoms with E-state index in [-0.39, 0.29) is 47.2 Å². The predicted octanol–water partition coefficient (Wildman–Crippen LogP) is 3.16. The Bertz CT molecular complexity index is 1700. The van der Waals surface area contributed by atoms with Crippen LogP contribution in [0.25, 0.3) is 22.2 Å². The number of nitrogens with zero attached hydrogens (tertiary/aromatic N) is 7. The molecule has 5 heterocycles. The molecule has 0 bridgehead atoms. The number of pyridine rings is 2. The van der Waals surface area contributed by atoms with Crippen molar-refractivity contribution in [3.8, 4) is 11.3 Å². The van der Waals surface area contributed by atoms with Gasteiger partial charge >= 0.3 is 0 Å². The lowest BCUT2D eigenvalue weighted by molar-refractivity contribution is -0.138. The van der Waals surface area contributed by atoms with Crippen LogP contribution < -0.4 is 11.1 Å². The fourth-order valence-corrected chi connectivity index (χ4v) is 5.79. The van der Waals surface area contributed by atoms with E-state index in [9.17, 15) is 14.4 Å². The van der Waals surface area contributed by atoms with Gasteiger partial charge in [0.15, 0.2) is 5.78 Å². The molecule has 1 saturated carbocycles. The van der Waals surface area contributed by atoms with Gasteiger partial charge in [-0.3, -0.25) is 24.0 Å². The fourth-order valence-electron chi connectivity index (χ4n) is 5.48. The lowest BCUT2D eigenvalue weighted by Crippen LogP contribution is -2.47. The molecule has 1 aliphatic heterocycles. The topological polar surface area (TPSA) is 162 Å². The van der Waals surface area contributed by atoms with Crippen molar-refractivity contribution >= 4 is 56.2 Å². The van der Waals surface area contributed by atoms with E-state index in [1.54, 1.807) is 35.6 Å². The lowest BCUT2D eigenvalue weighted by Gasteiger charge is -2.27. The van der Waals surface area contributed by atoms with E-state index in [0.717, 1.165) is 12.0 Å². The van der Waals surface area contributed by atoms with Gasteiger partial charge in [-0.15, -0.1) is 0 Å². The lowest BCUT2D eigenvalue weighted by atomic mass is 10.0. The number of nitrogens with two attached hydrogens (primary N) is 1. The highest BCUT2D eigenvalue weighted by molar-refractivity contribution is 9.10. The Labute approximate surface area is 237 Å². The van der Waals surface area contributed by atoms with Crippen molar-refractivity contribution in [2.45, 2.75) is 52.2 Å². The molecule has 2 fully saturated rings. The number of piperidine rings is 1. The van der Waals surface area contributed by atoms with Crippen LogP contribution in [0.4, 0.5) is 11.8 Å². The Morgan fingerprint density at radius 1 is 1.15 bits per heavy atom. The minimum Gasteiger partial charge on any atom is -0.368 e. The van der Waals surface area contributed by atoms with Crippen LogP contribution in [-0.4, -0.2) is 64.3 Å². The number of nitrogen functional groups attached to an aromatic ring is 1. The second-order valence-corrected chi connectivity index (χ2v) is 11.5. The molecule has 1 aliphatic carbocycles. The van der Waals surface area contributed by atoms with Gasteiger partial charge in [-0.05, 0) is 58.8 Å². The van der Waals surface area contributed by atoms with Crippen molar-refractivity contribution in [3.63, 3.8) is 0 Å². The molecule has 4 aromatic heterocycles. The maximum Gasteiger partial charge on any atom is 0.248 e. The molecular formula is C27H26BrN9O3. The standard InChI is InChI=1S/C27H26BrN9O3/c1-13-4-5-21(28)33-24(13)34-25(40)18-7-27(3)8-20(27)37(18)22(39)12-36-19-11-30-17(15-9-31-26(29)32-10-15)6-16(19)23(35-36)14(2)38/h4-6,9-11,18,20H,7-8,12H2,1-3H3,(H2,29,31,32)(H,33,34,40)/t18-,20+,27-/m0/s1. The minimum atomic E-state index is -0.638. The molecule has 13 heteroatoms. The summed E-state index contributed by atoms with van der Waals surface area (Å²) in [5, 5.41) is 7.94. The SMILES string of the molecule is CC(=O)c1nn(CC(=O)N2[C@H](C(=O)Nc3nc(Br)ccc3C)C[C@@]3(C)C[C@@H]23)c2cnc(-c3cnc(N)nc3)cc12. The van der Waals surface area contributed by atoms with Gasteiger partial charge in [-0.1, -0.05) is 13.0 Å². The second-order valence-electron chi connectivity index (χ2n) is 10.7. The predicted molar refractivity (Wildman–Crippen MR) is 150 cm³/mol. The first-order chi connectivity index (χ1) is 19.0. The zero-order chi connectivity index (χ0) is 28.3. The average Bonchev–Trinajstić information content (AvgIpc) is 3.28. The molecule has 4 aromatic rings. The van der Waals surface area contributed by atoms with Gasteiger partial charge in [0.1, 0.15) is 28.7 Å². The molecule has 0 spiro atoms. The minimum absolute atomic E-state index is 0.0309. The van der Waals surface area contributed by atoms with E-state index < -0.39 is 6.04 Å². The van der Waals surface area contributed by atoms with Gasteiger partial charge in [0.25, 0.3) is 0 Å². The Morgan fingerprint density at radius 3 is 2.62 bits per heavy atom. The van der Waals surface area contributed by atoms with Crippen molar-refractivity contribution < 1.29 is 14.4 Å². The Kier molecular flexibility index (Phi) is 6.13. The summed E-state index contributed by atoms with van der Waals surface area (Å²) >= 11 is 3.34. The number of nitrogens with one attached hydrogen (secondary N) is 1. The Morgan fingerprint density at radius 2 is 1.90 bits per heavy atom. The van der Waals surface area contributed by atoms with Crippen molar-refractivity contribution in [1.29, 1.82) is 0 Å². The first kappa shape index (κ1) is 26.0. The summed E-state index contributed by atoms with van der Waals surface area (Å²) in [4.78, 5) is 58.2. The highest BCUT2D eigenvalue weighted by Gasteiger charge is 2.64. The van der Waals surface area contributed by atoms with Gasteiger partial charge in [-0.2, -0.15) is 5.10 Å². The molecule has 204 valence electrons. The monoisotopic (exact) mass is 603 g/mol. The number of rotatable bonds is 6. The highest BCUT2D eigenvalue weighted by Crippen LogP contribution is 2.59. The number of aromatic nitrogens is 6. The molecule has 3 N–H and O–H groups in total. The molecule has 0 radical (unpaired) electrons. The number of hydrogen-bond acceptors (Lipinski definition) is 9. The van der Waals surface area contributed by atoms with Gasteiger partial charge < -0.3 is 16.0 Å². The van der Waals surface area contributed by atoms with Crippen LogP contribution in [0, 0.1) is 12.3 Å². The largest absolute Gasteiger partial charge is 0.368 e. The first-order valence-corrected chi connectivity index (χ1v) is 13.5. The molecule has 3 atom stereocenters. The summed E-state index contributed by atoms with van der Waals surface area (Å²) in [5.74, 6) is -0.172. The molecular weight excluding hydrogens is 578 g/mol. The summed E-state index contributed by atoms with van der Waals surface area (Å²) in [6, 6.07) is 4.72. The van der Waals surface area contributed by atoms with Crippen LogP contribution in [0.2, 0.25) is 0 Å². The molecule has 12 nitrogen and oxygen atoms in total. The van der Waals surface area contributed by atoms with E-state index in [2.05, 4.69) is 53.2 Å². The molecule has 0 unspecified atom stereocenters.